The van der Waals surface area contributed by atoms with E-state index in [4.69, 9.17) is 10.5 Å². The van der Waals surface area contributed by atoms with Crippen molar-refractivity contribution < 1.29 is 4.74 Å². The summed E-state index contributed by atoms with van der Waals surface area (Å²) in [4.78, 5) is 2.40. The van der Waals surface area contributed by atoms with Crippen molar-refractivity contribution in [3.05, 3.63) is 0 Å². The van der Waals surface area contributed by atoms with Gasteiger partial charge in [0.25, 0.3) is 0 Å². The molecule has 0 spiro atoms. The van der Waals surface area contributed by atoms with Crippen molar-refractivity contribution in [1.29, 1.82) is 0 Å². The molecule has 3 heteroatoms. The van der Waals surface area contributed by atoms with Gasteiger partial charge in [0.2, 0.25) is 0 Å². The predicted molar refractivity (Wildman–Crippen MR) is 71.0 cm³/mol. The summed E-state index contributed by atoms with van der Waals surface area (Å²) in [6, 6.07) is 0. The van der Waals surface area contributed by atoms with Gasteiger partial charge >= 0.3 is 0 Å². The number of ether oxygens (including phenoxy) is 1. The molecule has 0 bridgehead atoms. The summed E-state index contributed by atoms with van der Waals surface area (Å²) in [5, 5.41) is 0. The van der Waals surface area contributed by atoms with E-state index in [0.29, 0.717) is 12.0 Å². The molecule has 0 aromatic heterocycles. The molecular weight excluding hydrogens is 212 g/mol. The van der Waals surface area contributed by atoms with Gasteiger partial charge in [-0.3, -0.25) is 0 Å². The Balaban J connectivity index is 1.98. The molecule has 2 N–H and O–H groups in total. The molecule has 2 rings (SSSR count). The van der Waals surface area contributed by atoms with E-state index in [1.54, 1.807) is 0 Å². The quantitative estimate of drug-likeness (QED) is 0.797. The van der Waals surface area contributed by atoms with Crippen molar-refractivity contribution >= 4 is 0 Å². The lowest BCUT2D eigenvalue weighted by Crippen LogP contribution is -2.78. The van der Waals surface area contributed by atoms with E-state index in [1.165, 1.54) is 12.8 Å². The summed E-state index contributed by atoms with van der Waals surface area (Å²) < 4.78 is 5.83. The monoisotopic (exact) mass is 240 g/mol. The number of nitrogens with two attached hydrogens (primary N) is 1. The van der Waals surface area contributed by atoms with Crippen molar-refractivity contribution in [2.45, 2.75) is 51.7 Å². The van der Waals surface area contributed by atoms with Gasteiger partial charge in [0.15, 0.2) is 0 Å². The van der Waals surface area contributed by atoms with Crippen molar-refractivity contribution in [2.75, 3.05) is 26.7 Å². The Kier molecular flexibility index (Phi) is 3.54. The summed E-state index contributed by atoms with van der Waals surface area (Å²) in [5.41, 5.74) is 6.78. The van der Waals surface area contributed by atoms with Crippen molar-refractivity contribution in [3.63, 3.8) is 0 Å². The van der Waals surface area contributed by atoms with Gasteiger partial charge in [-0.05, 0) is 26.4 Å². The molecule has 1 saturated carbocycles. The number of rotatable bonds is 5. The molecule has 1 heterocycles. The first-order chi connectivity index (χ1) is 7.93. The predicted octanol–water partition coefficient (Wildman–Crippen LogP) is 1.86. The lowest BCUT2D eigenvalue weighted by atomic mass is 9.48. The molecule has 2 aliphatic rings. The third-order valence-electron chi connectivity index (χ3n) is 5.09. The van der Waals surface area contributed by atoms with Gasteiger partial charge in [-0.25, -0.2) is 0 Å². The molecule has 0 aromatic carbocycles. The van der Waals surface area contributed by atoms with Gasteiger partial charge in [-0.15, -0.1) is 0 Å². The molecular formula is C14H28N2O. The van der Waals surface area contributed by atoms with Crippen LogP contribution in [0.1, 0.15) is 40.0 Å². The second-order valence-electron chi connectivity index (χ2n) is 6.54. The van der Waals surface area contributed by atoms with Crippen LogP contribution in [-0.2, 0) is 4.74 Å². The molecule has 3 unspecified atom stereocenters. The largest absolute Gasteiger partial charge is 0.377 e. The maximum absolute atomic E-state index is 6.72. The summed E-state index contributed by atoms with van der Waals surface area (Å²) in [7, 11) is 2.20. The minimum atomic E-state index is -0.0589. The zero-order chi connectivity index (χ0) is 12.7. The molecule has 100 valence electrons. The first-order valence-corrected chi connectivity index (χ1v) is 7.02. The Morgan fingerprint density at radius 2 is 2.12 bits per heavy atom. The molecule has 1 saturated heterocycles. The van der Waals surface area contributed by atoms with Crippen LogP contribution in [0.5, 0.6) is 0 Å². The van der Waals surface area contributed by atoms with E-state index in [-0.39, 0.29) is 11.0 Å². The van der Waals surface area contributed by atoms with E-state index in [1.807, 2.05) is 0 Å². The summed E-state index contributed by atoms with van der Waals surface area (Å²) in [6.45, 7) is 9.84. The van der Waals surface area contributed by atoms with E-state index in [9.17, 15) is 0 Å². The Morgan fingerprint density at radius 1 is 1.41 bits per heavy atom. The van der Waals surface area contributed by atoms with E-state index in [0.717, 1.165) is 26.1 Å². The number of nitrogens with zero attached hydrogens (tertiary/aromatic N) is 1. The van der Waals surface area contributed by atoms with Gasteiger partial charge in [0.1, 0.15) is 0 Å². The number of unbranched alkanes of at least 4 members (excludes halogenated alkanes) is 1. The maximum atomic E-state index is 6.72. The molecule has 3 nitrogen and oxygen atoms in total. The normalized spacial score (nSPS) is 39.2. The van der Waals surface area contributed by atoms with Crippen LogP contribution >= 0.6 is 0 Å². The summed E-state index contributed by atoms with van der Waals surface area (Å²) in [6.07, 6.45) is 4.05. The van der Waals surface area contributed by atoms with Gasteiger partial charge in [-0.1, -0.05) is 27.2 Å². The number of likely N-dealkylation sites (N-methyl/N-ethyl adjacent to an activating group) is 1. The molecule has 2 fully saturated rings. The van der Waals surface area contributed by atoms with Crippen LogP contribution < -0.4 is 5.73 Å². The van der Waals surface area contributed by atoms with Gasteiger partial charge in [-0.2, -0.15) is 0 Å². The summed E-state index contributed by atoms with van der Waals surface area (Å²) in [5.74, 6) is 0.571. The fourth-order valence-corrected chi connectivity index (χ4v) is 3.75. The molecule has 0 aromatic rings. The van der Waals surface area contributed by atoms with E-state index in [2.05, 4.69) is 32.7 Å². The topological polar surface area (TPSA) is 38.5 Å². The minimum Gasteiger partial charge on any atom is -0.377 e. The van der Waals surface area contributed by atoms with Crippen LogP contribution in [0.15, 0.2) is 0 Å². The van der Waals surface area contributed by atoms with Crippen molar-refractivity contribution in [1.82, 2.24) is 4.90 Å². The minimum absolute atomic E-state index is 0.0589. The fraction of sp³-hybridized carbons (Fsp3) is 1.00. The average molecular weight is 240 g/mol. The lowest BCUT2D eigenvalue weighted by molar-refractivity contribution is -0.161. The van der Waals surface area contributed by atoms with Gasteiger partial charge in [0.05, 0.1) is 6.10 Å². The van der Waals surface area contributed by atoms with Crippen LogP contribution in [0, 0.1) is 11.3 Å². The van der Waals surface area contributed by atoms with Crippen molar-refractivity contribution in [3.8, 4) is 0 Å². The molecule has 0 amide bonds. The zero-order valence-electron chi connectivity index (χ0n) is 11.8. The van der Waals surface area contributed by atoms with Crippen molar-refractivity contribution in [2.24, 2.45) is 17.1 Å². The van der Waals surface area contributed by atoms with E-state index < -0.39 is 0 Å². The molecule has 1 aliphatic heterocycles. The maximum Gasteiger partial charge on any atom is 0.0691 e. The highest BCUT2D eigenvalue weighted by Gasteiger charge is 2.67. The highest BCUT2D eigenvalue weighted by molar-refractivity contribution is 5.21. The smallest absolute Gasteiger partial charge is 0.0691 e. The number of fused-ring (bicyclic) bond motifs is 1. The zero-order valence-corrected chi connectivity index (χ0v) is 11.8. The third kappa shape index (κ3) is 1.92. The number of hydrogen-bond acceptors (Lipinski definition) is 3. The number of hydrogen-bond donors (Lipinski definition) is 1. The Morgan fingerprint density at radius 3 is 2.76 bits per heavy atom. The van der Waals surface area contributed by atoms with Crippen LogP contribution in [0.25, 0.3) is 0 Å². The van der Waals surface area contributed by atoms with Crippen LogP contribution in [-0.4, -0.2) is 43.3 Å². The van der Waals surface area contributed by atoms with Gasteiger partial charge in [0, 0.05) is 30.0 Å². The molecule has 1 aliphatic carbocycles. The highest BCUT2D eigenvalue weighted by atomic mass is 16.5. The van der Waals surface area contributed by atoms with Crippen LogP contribution in [0.2, 0.25) is 0 Å². The Hall–Kier alpha value is -0.120. The standard InChI is InChI=1S/C14H28N2O/c1-5-6-8-16(4)10-14(15)11-7-9-17-12(11)13(14,2)3/h11-12H,5-10,15H2,1-4H3. The second-order valence-corrected chi connectivity index (χ2v) is 6.54. The highest BCUT2D eigenvalue weighted by Crippen LogP contribution is 2.58. The summed E-state index contributed by atoms with van der Waals surface area (Å²) >= 11 is 0. The molecule has 3 atom stereocenters. The van der Waals surface area contributed by atoms with E-state index >= 15 is 0 Å². The first kappa shape index (κ1) is 13.3. The SMILES string of the molecule is CCCCN(C)CC1(N)C2CCOC2C1(C)C. The second kappa shape index (κ2) is 4.52. The third-order valence-corrected chi connectivity index (χ3v) is 5.09. The molecule has 0 radical (unpaired) electrons. The van der Waals surface area contributed by atoms with Crippen LogP contribution in [0.4, 0.5) is 0 Å². The van der Waals surface area contributed by atoms with Crippen LogP contribution in [0.3, 0.4) is 0 Å². The first-order valence-electron chi connectivity index (χ1n) is 7.02. The average Bonchev–Trinajstić information content (AvgIpc) is 2.74. The Labute approximate surface area is 106 Å². The fourth-order valence-electron chi connectivity index (χ4n) is 3.75. The van der Waals surface area contributed by atoms with Gasteiger partial charge < -0.3 is 15.4 Å². The molecule has 17 heavy (non-hydrogen) atoms. The Bertz CT molecular complexity index is 279. The lowest BCUT2D eigenvalue weighted by Gasteiger charge is -2.63.